The van der Waals surface area contributed by atoms with Crippen molar-refractivity contribution in [3.05, 3.63) is 76.2 Å². The summed E-state index contributed by atoms with van der Waals surface area (Å²) in [5.74, 6) is 0. The normalized spacial score (nSPS) is 12.0. The Bertz CT molecular complexity index is 1530. The number of nitrogens with zero attached hydrogens (tertiary/aromatic N) is 2. The fraction of sp³-hybridized carbons (Fsp3) is 0.0500. The van der Waals surface area contributed by atoms with Gasteiger partial charge in [-0.05, 0) is 41.8 Å². The van der Waals surface area contributed by atoms with Crippen LogP contribution in [0.3, 0.4) is 0 Å². The first kappa shape index (κ1) is 23.6. The van der Waals surface area contributed by atoms with Crippen LogP contribution in [0.25, 0.3) is 11.3 Å². The van der Waals surface area contributed by atoms with Gasteiger partial charge in [0.05, 0.1) is 32.0 Å². The molecule has 0 saturated carbocycles. The molecule has 0 saturated heterocycles. The zero-order chi connectivity index (χ0) is 23.8. The van der Waals surface area contributed by atoms with Crippen LogP contribution in [-0.2, 0) is 27.1 Å². The number of rotatable bonds is 7. The molecule has 172 valence electrons. The van der Waals surface area contributed by atoms with Crippen LogP contribution >= 0.6 is 34.5 Å². The molecule has 13 heteroatoms. The number of halogens is 2. The smallest absolute Gasteiger partial charge is 0.271 e. The zero-order valence-corrected chi connectivity index (χ0v) is 20.8. The predicted octanol–water partition coefficient (Wildman–Crippen LogP) is 5.06. The molecule has 8 nitrogen and oxygen atoms in total. The Morgan fingerprint density at radius 2 is 1.55 bits per heavy atom. The number of anilines is 2. The molecule has 0 spiro atoms. The largest absolute Gasteiger partial charge is 0.277 e. The number of hydrogen-bond acceptors (Lipinski definition) is 6. The average Bonchev–Trinajstić information content (AvgIpc) is 3.44. The van der Waals surface area contributed by atoms with Gasteiger partial charge in [0.1, 0.15) is 4.21 Å². The van der Waals surface area contributed by atoms with Crippen molar-refractivity contribution in [2.24, 2.45) is 7.05 Å². The second-order valence-electron chi connectivity index (χ2n) is 6.86. The first-order valence-electron chi connectivity index (χ1n) is 9.23. The second-order valence-corrected chi connectivity index (χ2v) is 12.2. The lowest BCUT2D eigenvalue weighted by atomic mass is 10.2. The maximum absolute atomic E-state index is 13.1. The summed E-state index contributed by atoms with van der Waals surface area (Å²) in [6.45, 7) is 0. The van der Waals surface area contributed by atoms with Gasteiger partial charge >= 0.3 is 0 Å². The monoisotopic (exact) mass is 542 g/mol. The molecular weight excluding hydrogens is 527 g/mol. The molecule has 2 aromatic heterocycles. The van der Waals surface area contributed by atoms with Gasteiger partial charge in [-0.25, -0.2) is 16.8 Å². The summed E-state index contributed by atoms with van der Waals surface area (Å²) in [6.07, 6.45) is 1.75. The summed E-state index contributed by atoms with van der Waals surface area (Å²) < 4.78 is 58.1. The van der Waals surface area contributed by atoms with Crippen molar-refractivity contribution in [2.45, 2.75) is 9.10 Å². The van der Waals surface area contributed by atoms with Gasteiger partial charge in [-0.15, -0.1) is 11.3 Å². The van der Waals surface area contributed by atoms with Crippen LogP contribution in [0.4, 0.5) is 11.4 Å². The van der Waals surface area contributed by atoms with Crippen molar-refractivity contribution in [1.82, 2.24) is 9.78 Å². The molecule has 0 amide bonds. The first-order valence-corrected chi connectivity index (χ1v) is 13.8. The number of aromatic nitrogens is 2. The molecular formula is C20H16Cl2N4O4S3. The Morgan fingerprint density at radius 3 is 2.12 bits per heavy atom. The molecule has 2 heterocycles. The van der Waals surface area contributed by atoms with E-state index in [2.05, 4.69) is 14.5 Å². The summed E-state index contributed by atoms with van der Waals surface area (Å²) in [7, 11) is -6.32. The molecule has 0 bridgehead atoms. The lowest BCUT2D eigenvalue weighted by Crippen LogP contribution is -2.17. The maximum atomic E-state index is 13.1. The van der Waals surface area contributed by atoms with Gasteiger partial charge in [0.25, 0.3) is 20.0 Å². The highest BCUT2D eigenvalue weighted by atomic mass is 35.5. The van der Waals surface area contributed by atoms with E-state index in [1.807, 2.05) is 0 Å². The molecule has 0 aliphatic carbocycles. The van der Waals surface area contributed by atoms with E-state index in [1.54, 1.807) is 47.6 Å². The van der Waals surface area contributed by atoms with E-state index in [0.717, 1.165) is 11.3 Å². The van der Waals surface area contributed by atoms with Gasteiger partial charge in [-0.3, -0.25) is 14.1 Å². The molecule has 0 atom stereocenters. The number of benzene rings is 2. The fourth-order valence-corrected chi connectivity index (χ4v) is 6.43. The molecule has 33 heavy (non-hydrogen) atoms. The third kappa shape index (κ3) is 5.17. The molecule has 2 N–H and O–H groups in total. The Hall–Kier alpha value is -2.57. The molecule has 4 rings (SSSR count). The van der Waals surface area contributed by atoms with Crippen LogP contribution < -0.4 is 9.44 Å². The van der Waals surface area contributed by atoms with Gasteiger partial charge in [0.15, 0.2) is 0 Å². The maximum Gasteiger partial charge on any atom is 0.271 e. The van der Waals surface area contributed by atoms with Crippen LogP contribution in [0.15, 0.2) is 75.3 Å². The van der Waals surface area contributed by atoms with Crippen molar-refractivity contribution < 1.29 is 16.8 Å². The first-order chi connectivity index (χ1) is 15.5. The quantitative estimate of drug-likeness (QED) is 0.339. The third-order valence-electron chi connectivity index (χ3n) is 4.46. The van der Waals surface area contributed by atoms with Gasteiger partial charge in [-0.1, -0.05) is 41.4 Å². The molecule has 0 aliphatic heterocycles. The molecule has 0 fully saturated rings. The fourth-order valence-electron chi connectivity index (χ4n) is 2.92. The van der Waals surface area contributed by atoms with Gasteiger partial charge < -0.3 is 0 Å². The molecule has 0 unspecified atom stereocenters. The highest BCUT2D eigenvalue weighted by Crippen LogP contribution is 2.36. The lowest BCUT2D eigenvalue weighted by molar-refractivity contribution is 0.599. The van der Waals surface area contributed by atoms with E-state index in [-0.39, 0.29) is 30.5 Å². The van der Waals surface area contributed by atoms with E-state index in [1.165, 1.54) is 30.3 Å². The summed E-state index contributed by atoms with van der Waals surface area (Å²) >= 11 is 13.2. The van der Waals surface area contributed by atoms with Crippen molar-refractivity contribution in [3.8, 4) is 11.3 Å². The van der Waals surface area contributed by atoms with E-state index in [9.17, 15) is 16.8 Å². The van der Waals surface area contributed by atoms with Crippen LogP contribution in [-0.4, -0.2) is 26.6 Å². The summed E-state index contributed by atoms with van der Waals surface area (Å²) in [4.78, 5) is -0.0382. The SMILES string of the molecule is Cn1ccc(-c2cccc(S(=O)(=O)Nc3cc(Cl)c(Cl)cc3NS(=O)(=O)c3cccs3)c2)n1. The third-order valence-corrected chi connectivity index (χ3v) is 9.31. The Kier molecular flexibility index (Phi) is 6.43. The minimum Gasteiger partial charge on any atom is -0.277 e. The molecule has 2 aromatic carbocycles. The number of thiophene rings is 1. The van der Waals surface area contributed by atoms with Crippen molar-refractivity contribution in [2.75, 3.05) is 9.44 Å². The number of nitrogens with one attached hydrogen (secondary N) is 2. The number of sulfonamides is 2. The summed E-state index contributed by atoms with van der Waals surface area (Å²) in [5, 5.41) is 6.00. The molecule has 0 radical (unpaired) electrons. The minimum absolute atomic E-state index is 0.0382. The number of aryl methyl sites for hydroxylation is 1. The Labute approximate surface area is 204 Å². The van der Waals surface area contributed by atoms with Crippen molar-refractivity contribution >= 4 is 66.0 Å². The van der Waals surface area contributed by atoms with Gasteiger partial charge in [-0.2, -0.15) is 5.10 Å². The zero-order valence-electron chi connectivity index (χ0n) is 16.9. The topological polar surface area (TPSA) is 110 Å². The second kappa shape index (κ2) is 8.99. The number of hydrogen-bond donors (Lipinski definition) is 2. The molecule has 4 aromatic rings. The van der Waals surface area contributed by atoms with E-state index >= 15 is 0 Å². The van der Waals surface area contributed by atoms with Crippen molar-refractivity contribution in [3.63, 3.8) is 0 Å². The van der Waals surface area contributed by atoms with E-state index in [4.69, 9.17) is 23.2 Å². The lowest BCUT2D eigenvalue weighted by Gasteiger charge is -2.15. The summed E-state index contributed by atoms with van der Waals surface area (Å²) in [6, 6.07) is 13.5. The predicted molar refractivity (Wildman–Crippen MR) is 131 cm³/mol. The van der Waals surface area contributed by atoms with Crippen LogP contribution in [0.1, 0.15) is 0 Å². The average molecular weight is 543 g/mol. The van der Waals surface area contributed by atoms with E-state index in [0.29, 0.717) is 11.3 Å². The van der Waals surface area contributed by atoms with Crippen LogP contribution in [0, 0.1) is 0 Å². The van der Waals surface area contributed by atoms with Crippen LogP contribution in [0.5, 0.6) is 0 Å². The minimum atomic E-state index is -4.12. The Morgan fingerprint density at radius 1 is 0.879 bits per heavy atom. The van der Waals surface area contributed by atoms with Gasteiger partial charge in [0, 0.05) is 18.8 Å². The molecule has 0 aliphatic rings. The summed E-state index contributed by atoms with van der Waals surface area (Å²) in [5.41, 5.74) is 1.06. The van der Waals surface area contributed by atoms with E-state index < -0.39 is 20.0 Å². The van der Waals surface area contributed by atoms with Crippen LogP contribution in [0.2, 0.25) is 10.0 Å². The van der Waals surface area contributed by atoms with Crippen molar-refractivity contribution in [1.29, 1.82) is 0 Å². The Balaban J connectivity index is 1.71. The standard InChI is InChI=1S/C20H16Cl2N4O4S3/c1-26-8-7-17(23-26)13-4-2-5-14(10-13)32(27,28)24-18-11-15(21)16(22)12-19(18)25-33(29,30)20-6-3-9-31-20/h2-12,24-25H,1H3. The highest BCUT2D eigenvalue weighted by Gasteiger charge is 2.22. The van der Waals surface area contributed by atoms with Gasteiger partial charge in [0.2, 0.25) is 0 Å². The highest BCUT2D eigenvalue weighted by molar-refractivity contribution is 7.94.